The highest BCUT2D eigenvalue weighted by Gasteiger charge is 2.19. The molecular formula is C26H34N2O5. The third kappa shape index (κ3) is 6.96. The van der Waals surface area contributed by atoms with Crippen molar-refractivity contribution in [2.45, 2.75) is 52.1 Å². The summed E-state index contributed by atoms with van der Waals surface area (Å²) >= 11 is 0. The molecule has 1 aliphatic heterocycles. The lowest BCUT2D eigenvalue weighted by Crippen LogP contribution is -2.37. The van der Waals surface area contributed by atoms with Crippen molar-refractivity contribution in [1.29, 1.82) is 0 Å². The number of nitrogens with zero attached hydrogens (tertiary/aromatic N) is 1. The van der Waals surface area contributed by atoms with E-state index in [0.29, 0.717) is 37.9 Å². The molecule has 0 bridgehead atoms. The van der Waals surface area contributed by atoms with Crippen LogP contribution in [0.3, 0.4) is 0 Å². The molecule has 3 rings (SSSR count). The molecule has 0 spiro atoms. The number of methoxy groups -OCH3 is 1. The summed E-state index contributed by atoms with van der Waals surface area (Å²) in [6.45, 7) is 6.60. The van der Waals surface area contributed by atoms with Gasteiger partial charge >= 0.3 is 5.97 Å². The van der Waals surface area contributed by atoms with Gasteiger partial charge in [0.15, 0.2) is 0 Å². The van der Waals surface area contributed by atoms with E-state index in [0.717, 1.165) is 36.1 Å². The molecular weight excluding hydrogens is 420 g/mol. The summed E-state index contributed by atoms with van der Waals surface area (Å²) < 4.78 is 11.6. The van der Waals surface area contributed by atoms with Crippen LogP contribution in [0, 0.1) is 0 Å². The Bertz CT molecular complexity index is 973. The molecule has 0 atom stereocenters. The number of ether oxygens (including phenoxy) is 2. The monoisotopic (exact) mass is 454 g/mol. The number of amides is 1. The lowest BCUT2D eigenvalue weighted by Gasteiger charge is -2.25. The fraction of sp³-hybridized carbons (Fsp3) is 0.462. The van der Waals surface area contributed by atoms with E-state index in [9.17, 15) is 14.7 Å². The third-order valence-electron chi connectivity index (χ3n) is 5.84. The number of carbonyl (C=O) groups is 2. The van der Waals surface area contributed by atoms with Gasteiger partial charge in [0.05, 0.1) is 25.8 Å². The van der Waals surface area contributed by atoms with Gasteiger partial charge in [-0.15, -0.1) is 0 Å². The zero-order valence-electron chi connectivity index (χ0n) is 19.7. The van der Waals surface area contributed by atoms with Crippen molar-refractivity contribution in [2.24, 2.45) is 0 Å². The van der Waals surface area contributed by atoms with Gasteiger partial charge in [0.1, 0.15) is 11.5 Å². The summed E-state index contributed by atoms with van der Waals surface area (Å²) in [7, 11) is 1.65. The molecule has 0 aliphatic carbocycles. The SMILES string of the molecule is COc1ccc(C(C)C)cc1CN1CC(=O)NCCCCCOc2cc(C(=O)O)ccc2C1. The van der Waals surface area contributed by atoms with E-state index < -0.39 is 5.97 Å². The first-order chi connectivity index (χ1) is 15.9. The molecule has 33 heavy (non-hydrogen) atoms. The first-order valence-electron chi connectivity index (χ1n) is 11.5. The van der Waals surface area contributed by atoms with Gasteiger partial charge in [-0.05, 0) is 48.9 Å². The third-order valence-corrected chi connectivity index (χ3v) is 5.84. The minimum Gasteiger partial charge on any atom is -0.496 e. The molecule has 1 aliphatic rings. The summed E-state index contributed by atoms with van der Waals surface area (Å²) in [5, 5.41) is 12.4. The highest BCUT2D eigenvalue weighted by molar-refractivity contribution is 5.88. The topological polar surface area (TPSA) is 88.1 Å². The van der Waals surface area contributed by atoms with Crippen LogP contribution in [0.15, 0.2) is 36.4 Å². The first kappa shape index (κ1) is 24.6. The Morgan fingerprint density at radius 1 is 1.15 bits per heavy atom. The standard InChI is InChI=1S/C26H34N2O5/c1-18(2)19-9-10-23(32-3)22(13-19)16-28-15-21-8-7-20(26(30)31)14-24(21)33-12-6-4-5-11-27-25(29)17-28/h7-10,13-14,18H,4-6,11-12,15-17H2,1-3H3,(H,27,29)(H,30,31). The molecule has 178 valence electrons. The molecule has 1 amide bonds. The predicted octanol–water partition coefficient (Wildman–Crippen LogP) is 4.20. The summed E-state index contributed by atoms with van der Waals surface area (Å²) in [6, 6.07) is 11.1. The van der Waals surface area contributed by atoms with Crippen molar-refractivity contribution in [1.82, 2.24) is 10.2 Å². The number of nitrogens with one attached hydrogen (secondary N) is 1. The largest absolute Gasteiger partial charge is 0.496 e. The van der Waals surface area contributed by atoms with Gasteiger partial charge in [-0.3, -0.25) is 9.69 Å². The number of aromatic carboxylic acids is 1. The van der Waals surface area contributed by atoms with Crippen LogP contribution in [-0.4, -0.2) is 48.7 Å². The maximum atomic E-state index is 12.7. The van der Waals surface area contributed by atoms with E-state index in [2.05, 4.69) is 31.3 Å². The number of carboxylic acids is 1. The van der Waals surface area contributed by atoms with Crippen LogP contribution in [-0.2, 0) is 17.9 Å². The molecule has 0 fully saturated rings. The van der Waals surface area contributed by atoms with Gasteiger partial charge in [0.2, 0.25) is 5.91 Å². The maximum Gasteiger partial charge on any atom is 0.335 e. The molecule has 2 N–H and O–H groups in total. The van der Waals surface area contributed by atoms with E-state index in [4.69, 9.17) is 9.47 Å². The highest BCUT2D eigenvalue weighted by atomic mass is 16.5. The summed E-state index contributed by atoms with van der Waals surface area (Å²) in [5.41, 5.74) is 3.25. The van der Waals surface area contributed by atoms with E-state index in [-0.39, 0.29) is 18.0 Å². The minimum absolute atomic E-state index is 0.0298. The van der Waals surface area contributed by atoms with Gasteiger partial charge in [-0.25, -0.2) is 4.79 Å². The second-order valence-electron chi connectivity index (χ2n) is 8.76. The summed E-state index contributed by atoms with van der Waals surface area (Å²) in [5.74, 6) is 0.688. The molecule has 0 unspecified atom stereocenters. The Morgan fingerprint density at radius 2 is 1.97 bits per heavy atom. The Kier molecular flexibility index (Phi) is 8.72. The number of fused-ring (bicyclic) bond motifs is 1. The van der Waals surface area contributed by atoms with Crippen LogP contribution in [0.5, 0.6) is 11.5 Å². The van der Waals surface area contributed by atoms with Crippen molar-refractivity contribution in [3.8, 4) is 11.5 Å². The van der Waals surface area contributed by atoms with Crippen LogP contribution < -0.4 is 14.8 Å². The number of rotatable bonds is 5. The van der Waals surface area contributed by atoms with Gasteiger partial charge in [0.25, 0.3) is 0 Å². The van der Waals surface area contributed by atoms with Crippen molar-refractivity contribution in [3.05, 3.63) is 58.7 Å². The molecule has 2 aromatic rings. The van der Waals surface area contributed by atoms with Crippen LogP contribution in [0.4, 0.5) is 0 Å². The molecule has 7 nitrogen and oxygen atoms in total. The minimum atomic E-state index is -0.990. The lowest BCUT2D eigenvalue weighted by molar-refractivity contribution is -0.122. The molecule has 0 radical (unpaired) electrons. The number of carboxylic acid groups (broad SMARTS) is 1. The van der Waals surface area contributed by atoms with Crippen LogP contribution in [0.25, 0.3) is 0 Å². The summed E-state index contributed by atoms with van der Waals surface area (Å²) in [4.78, 5) is 26.2. The molecule has 0 saturated carbocycles. The fourth-order valence-corrected chi connectivity index (χ4v) is 3.96. The van der Waals surface area contributed by atoms with Crippen molar-refractivity contribution < 1.29 is 24.2 Å². The van der Waals surface area contributed by atoms with Gasteiger partial charge in [-0.1, -0.05) is 32.0 Å². The second-order valence-corrected chi connectivity index (χ2v) is 8.76. The van der Waals surface area contributed by atoms with E-state index >= 15 is 0 Å². The Hall–Kier alpha value is -3.06. The predicted molar refractivity (Wildman–Crippen MR) is 127 cm³/mol. The average Bonchev–Trinajstić information content (AvgIpc) is 2.79. The number of hydrogen-bond donors (Lipinski definition) is 2. The Balaban J connectivity index is 1.95. The normalized spacial score (nSPS) is 15.9. The number of benzene rings is 2. The molecule has 0 saturated heterocycles. The smallest absolute Gasteiger partial charge is 0.335 e. The van der Waals surface area contributed by atoms with Gasteiger partial charge in [0, 0.05) is 30.8 Å². The van der Waals surface area contributed by atoms with Gasteiger partial charge < -0.3 is 19.9 Å². The first-order valence-corrected chi connectivity index (χ1v) is 11.5. The Morgan fingerprint density at radius 3 is 2.70 bits per heavy atom. The van der Waals surface area contributed by atoms with Crippen molar-refractivity contribution in [2.75, 3.05) is 26.8 Å². The number of hydrogen-bond acceptors (Lipinski definition) is 5. The fourth-order valence-electron chi connectivity index (χ4n) is 3.96. The van der Waals surface area contributed by atoms with Crippen LogP contribution in [0.1, 0.15) is 66.1 Å². The van der Waals surface area contributed by atoms with Crippen molar-refractivity contribution in [3.63, 3.8) is 0 Å². The molecule has 1 heterocycles. The average molecular weight is 455 g/mol. The molecule has 2 aromatic carbocycles. The molecule has 0 aromatic heterocycles. The Labute approximate surface area is 195 Å². The van der Waals surface area contributed by atoms with Crippen molar-refractivity contribution >= 4 is 11.9 Å². The lowest BCUT2D eigenvalue weighted by atomic mass is 10.00. The number of carbonyl (C=O) groups excluding carboxylic acids is 1. The van der Waals surface area contributed by atoms with Gasteiger partial charge in [-0.2, -0.15) is 0 Å². The zero-order chi connectivity index (χ0) is 23.8. The van der Waals surface area contributed by atoms with Crippen LogP contribution in [0.2, 0.25) is 0 Å². The van der Waals surface area contributed by atoms with E-state index in [1.54, 1.807) is 25.3 Å². The second kappa shape index (κ2) is 11.7. The summed E-state index contributed by atoms with van der Waals surface area (Å²) in [6.07, 6.45) is 2.65. The molecule has 7 heteroatoms. The van der Waals surface area contributed by atoms with Crippen LogP contribution >= 0.6 is 0 Å². The van der Waals surface area contributed by atoms with E-state index in [1.165, 1.54) is 5.56 Å². The van der Waals surface area contributed by atoms with E-state index in [1.807, 2.05) is 11.0 Å². The zero-order valence-corrected chi connectivity index (χ0v) is 19.7. The maximum absolute atomic E-state index is 12.7. The quantitative estimate of drug-likeness (QED) is 0.704. The highest BCUT2D eigenvalue weighted by Crippen LogP contribution is 2.28.